The summed E-state index contributed by atoms with van der Waals surface area (Å²) in [5.41, 5.74) is 1.19. The summed E-state index contributed by atoms with van der Waals surface area (Å²) in [7, 11) is 1.38. The van der Waals surface area contributed by atoms with Crippen LogP contribution in [0.25, 0.3) is 0 Å². The lowest BCUT2D eigenvalue weighted by atomic mass is 10.1. The highest BCUT2D eigenvalue weighted by Crippen LogP contribution is 2.33. The van der Waals surface area contributed by atoms with Crippen molar-refractivity contribution in [2.75, 3.05) is 7.11 Å². The van der Waals surface area contributed by atoms with Crippen LogP contribution in [0.5, 0.6) is 11.5 Å². The lowest BCUT2D eigenvalue weighted by molar-refractivity contribution is -0.0512. The van der Waals surface area contributed by atoms with E-state index in [1.165, 1.54) is 19.4 Å². The minimum Gasteiger partial charge on any atom is -0.493 e. The number of amides is 1. The third-order valence-electron chi connectivity index (χ3n) is 3.78. The molecule has 2 aromatic rings. The number of halogens is 2. The monoisotopic (exact) mass is 337 g/mol. The molecule has 6 nitrogen and oxygen atoms in total. The highest BCUT2D eigenvalue weighted by atomic mass is 19.3. The number of aromatic amines is 1. The van der Waals surface area contributed by atoms with Crippen LogP contribution in [0.3, 0.4) is 0 Å². The van der Waals surface area contributed by atoms with Crippen molar-refractivity contribution in [3.63, 3.8) is 0 Å². The Balaban J connectivity index is 1.79. The van der Waals surface area contributed by atoms with Crippen molar-refractivity contribution in [3.05, 3.63) is 41.7 Å². The Bertz CT molecular complexity index is 703. The first-order valence-corrected chi connectivity index (χ1v) is 7.50. The van der Waals surface area contributed by atoms with Crippen molar-refractivity contribution in [2.45, 2.75) is 32.0 Å². The number of carbonyl (C=O) groups is 1. The van der Waals surface area contributed by atoms with Gasteiger partial charge in [-0.15, -0.1) is 0 Å². The summed E-state index contributed by atoms with van der Waals surface area (Å²) in [5.74, 6) is 0.0357. The summed E-state index contributed by atoms with van der Waals surface area (Å²) >= 11 is 0. The van der Waals surface area contributed by atoms with E-state index in [1.54, 1.807) is 23.1 Å². The first-order valence-electron chi connectivity index (χ1n) is 7.50. The standard InChI is InChI=1S/C16H17F2N3O3/c1-23-14-8-10(2-5-13(14)24-16(17)18)9-21(11-3-4-11)15(22)12-6-7-19-20-12/h2,5-8,11,16H,3-4,9H2,1H3,(H,19,20). The van der Waals surface area contributed by atoms with Crippen LogP contribution in [-0.4, -0.2) is 40.8 Å². The molecule has 3 rings (SSSR count). The van der Waals surface area contributed by atoms with E-state index in [0.29, 0.717) is 12.2 Å². The summed E-state index contributed by atoms with van der Waals surface area (Å²) in [6, 6.07) is 6.48. The summed E-state index contributed by atoms with van der Waals surface area (Å²) in [6.45, 7) is -2.57. The van der Waals surface area contributed by atoms with Crippen LogP contribution in [0.15, 0.2) is 30.5 Å². The molecule has 1 amide bonds. The molecule has 0 spiro atoms. The maximum Gasteiger partial charge on any atom is 0.387 e. The van der Waals surface area contributed by atoms with E-state index in [1.807, 2.05) is 0 Å². The lowest BCUT2D eigenvalue weighted by Crippen LogP contribution is -2.32. The number of H-pyrrole nitrogens is 1. The average molecular weight is 337 g/mol. The molecule has 0 bridgehead atoms. The predicted octanol–water partition coefficient (Wildman–Crippen LogP) is 2.82. The van der Waals surface area contributed by atoms with Crippen molar-refractivity contribution in [2.24, 2.45) is 0 Å². The Morgan fingerprint density at radius 3 is 2.75 bits per heavy atom. The average Bonchev–Trinajstić information content (AvgIpc) is 3.25. The molecule has 1 saturated carbocycles. The molecule has 0 unspecified atom stereocenters. The zero-order chi connectivity index (χ0) is 17.1. The van der Waals surface area contributed by atoms with Gasteiger partial charge in [0.15, 0.2) is 11.5 Å². The van der Waals surface area contributed by atoms with E-state index in [9.17, 15) is 13.6 Å². The number of hydrogen-bond acceptors (Lipinski definition) is 4. The Kier molecular flexibility index (Phi) is 4.64. The van der Waals surface area contributed by atoms with Gasteiger partial charge in [0.1, 0.15) is 5.69 Å². The van der Waals surface area contributed by atoms with Gasteiger partial charge in [-0.25, -0.2) is 0 Å². The van der Waals surface area contributed by atoms with E-state index in [0.717, 1.165) is 18.4 Å². The number of nitrogens with one attached hydrogen (secondary N) is 1. The number of nitrogens with zero attached hydrogens (tertiary/aromatic N) is 2. The summed E-state index contributed by atoms with van der Waals surface area (Å²) in [5, 5.41) is 6.47. The molecule has 1 N–H and O–H groups in total. The zero-order valence-corrected chi connectivity index (χ0v) is 13.0. The third kappa shape index (κ3) is 3.64. The van der Waals surface area contributed by atoms with Crippen molar-refractivity contribution in [1.82, 2.24) is 15.1 Å². The quantitative estimate of drug-likeness (QED) is 0.844. The van der Waals surface area contributed by atoms with Crippen molar-refractivity contribution >= 4 is 5.91 Å². The molecule has 8 heteroatoms. The lowest BCUT2D eigenvalue weighted by Gasteiger charge is -2.22. The number of benzene rings is 1. The van der Waals surface area contributed by atoms with Gasteiger partial charge in [0.2, 0.25) is 0 Å². The van der Waals surface area contributed by atoms with Gasteiger partial charge in [0, 0.05) is 18.8 Å². The number of aromatic nitrogens is 2. The normalized spacial score (nSPS) is 13.8. The van der Waals surface area contributed by atoms with Gasteiger partial charge < -0.3 is 14.4 Å². The minimum absolute atomic E-state index is 0.0332. The number of alkyl halides is 2. The molecule has 128 valence electrons. The molecule has 1 fully saturated rings. The Morgan fingerprint density at radius 1 is 1.38 bits per heavy atom. The van der Waals surface area contributed by atoms with Gasteiger partial charge in [-0.1, -0.05) is 6.07 Å². The van der Waals surface area contributed by atoms with E-state index < -0.39 is 6.61 Å². The van der Waals surface area contributed by atoms with Crippen molar-refractivity contribution in [3.8, 4) is 11.5 Å². The second kappa shape index (κ2) is 6.86. The van der Waals surface area contributed by atoms with Crippen LogP contribution < -0.4 is 9.47 Å². The minimum atomic E-state index is -2.92. The Morgan fingerprint density at radius 2 is 2.17 bits per heavy atom. The first-order chi connectivity index (χ1) is 11.6. The van der Waals surface area contributed by atoms with Crippen LogP contribution in [0.4, 0.5) is 8.78 Å². The number of rotatable bonds is 7. The number of carbonyl (C=O) groups excluding carboxylic acids is 1. The maximum atomic E-state index is 12.6. The Labute approximate surface area is 137 Å². The topological polar surface area (TPSA) is 67.5 Å². The number of hydrogen-bond donors (Lipinski definition) is 1. The molecule has 24 heavy (non-hydrogen) atoms. The highest BCUT2D eigenvalue weighted by molar-refractivity contribution is 5.92. The van der Waals surface area contributed by atoms with E-state index >= 15 is 0 Å². The SMILES string of the molecule is COc1cc(CN(C(=O)c2ccn[nH]2)C2CC2)ccc1OC(F)F. The largest absolute Gasteiger partial charge is 0.493 e. The number of ether oxygens (including phenoxy) is 2. The highest BCUT2D eigenvalue weighted by Gasteiger charge is 2.33. The van der Waals surface area contributed by atoms with Gasteiger partial charge in [-0.3, -0.25) is 9.89 Å². The Hall–Kier alpha value is -2.64. The van der Waals surface area contributed by atoms with E-state index in [2.05, 4.69) is 14.9 Å². The molecule has 1 aliphatic carbocycles. The zero-order valence-electron chi connectivity index (χ0n) is 13.0. The molecule has 1 aliphatic rings. The molecular weight excluding hydrogens is 320 g/mol. The second-order valence-electron chi connectivity index (χ2n) is 5.50. The molecule has 1 aromatic heterocycles. The van der Waals surface area contributed by atoms with Gasteiger partial charge in [-0.2, -0.15) is 13.9 Å². The number of methoxy groups -OCH3 is 1. The van der Waals surface area contributed by atoms with Gasteiger partial charge in [-0.05, 0) is 36.6 Å². The van der Waals surface area contributed by atoms with Gasteiger partial charge >= 0.3 is 6.61 Å². The molecular formula is C16H17F2N3O3. The summed E-state index contributed by atoms with van der Waals surface area (Å²) < 4.78 is 34.3. The molecule has 0 atom stereocenters. The summed E-state index contributed by atoms with van der Waals surface area (Å²) in [4.78, 5) is 14.3. The van der Waals surface area contributed by atoms with Crippen molar-refractivity contribution < 1.29 is 23.0 Å². The maximum absolute atomic E-state index is 12.6. The third-order valence-corrected chi connectivity index (χ3v) is 3.78. The van der Waals surface area contributed by atoms with Crippen LogP contribution in [0.2, 0.25) is 0 Å². The summed E-state index contributed by atoms with van der Waals surface area (Å²) in [6.07, 6.45) is 3.42. The van der Waals surface area contributed by atoms with Gasteiger partial charge in [0.05, 0.1) is 7.11 Å². The fraction of sp³-hybridized carbons (Fsp3) is 0.375. The van der Waals surface area contributed by atoms with Gasteiger partial charge in [0.25, 0.3) is 5.91 Å². The smallest absolute Gasteiger partial charge is 0.387 e. The van der Waals surface area contributed by atoms with Crippen LogP contribution in [0.1, 0.15) is 28.9 Å². The molecule has 0 aliphatic heterocycles. The molecule has 0 radical (unpaired) electrons. The predicted molar refractivity (Wildman–Crippen MR) is 81.1 cm³/mol. The van der Waals surface area contributed by atoms with E-state index in [4.69, 9.17) is 4.74 Å². The van der Waals surface area contributed by atoms with Crippen LogP contribution in [-0.2, 0) is 6.54 Å². The molecule has 1 heterocycles. The fourth-order valence-corrected chi connectivity index (χ4v) is 2.48. The van der Waals surface area contributed by atoms with Crippen LogP contribution >= 0.6 is 0 Å². The molecule has 0 saturated heterocycles. The first kappa shape index (κ1) is 16.2. The fourth-order valence-electron chi connectivity index (χ4n) is 2.48. The van der Waals surface area contributed by atoms with Crippen LogP contribution in [0, 0.1) is 0 Å². The molecule has 1 aromatic carbocycles. The van der Waals surface area contributed by atoms with E-state index in [-0.39, 0.29) is 23.4 Å². The van der Waals surface area contributed by atoms with Crippen molar-refractivity contribution in [1.29, 1.82) is 0 Å². The second-order valence-corrected chi connectivity index (χ2v) is 5.50.